The maximum absolute atomic E-state index is 13.0. The Kier molecular flexibility index (Phi) is 5.65. The number of methoxy groups -OCH3 is 3. The van der Waals surface area contributed by atoms with Crippen LogP contribution in [0.5, 0.6) is 17.2 Å². The van der Waals surface area contributed by atoms with Gasteiger partial charge in [0, 0.05) is 19.0 Å². The lowest BCUT2D eigenvalue weighted by Gasteiger charge is -2.34. The predicted molar refractivity (Wildman–Crippen MR) is 90.4 cm³/mol. The lowest BCUT2D eigenvalue weighted by Crippen LogP contribution is -2.41. The van der Waals surface area contributed by atoms with Crippen molar-refractivity contribution in [3.63, 3.8) is 0 Å². The summed E-state index contributed by atoms with van der Waals surface area (Å²) in [5.74, 6) is 1.64. The Morgan fingerprint density at radius 1 is 1.00 bits per heavy atom. The Hall–Kier alpha value is -1.99. The van der Waals surface area contributed by atoms with Crippen LogP contribution in [0, 0.1) is 5.92 Å². The molecule has 138 valence electrons. The van der Waals surface area contributed by atoms with Gasteiger partial charge in [-0.25, -0.2) is 0 Å². The fourth-order valence-corrected chi connectivity index (χ4v) is 3.46. The quantitative estimate of drug-likeness (QED) is 0.808. The molecule has 2 aliphatic rings. The highest BCUT2D eigenvalue weighted by atomic mass is 16.7. The molecule has 0 unspecified atom stereocenters. The van der Waals surface area contributed by atoms with E-state index in [0.717, 1.165) is 12.8 Å². The molecule has 0 spiro atoms. The molecule has 0 atom stereocenters. The molecule has 1 aromatic rings. The van der Waals surface area contributed by atoms with Crippen molar-refractivity contribution in [3.8, 4) is 17.2 Å². The summed E-state index contributed by atoms with van der Waals surface area (Å²) in [6.45, 7) is 2.66. The van der Waals surface area contributed by atoms with E-state index in [2.05, 4.69) is 0 Å². The average Bonchev–Trinajstić information content (AvgIpc) is 3.21. The monoisotopic (exact) mass is 351 g/mol. The normalized spacial score (nSPS) is 19.1. The van der Waals surface area contributed by atoms with Crippen LogP contribution < -0.4 is 14.2 Å². The summed E-state index contributed by atoms with van der Waals surface area (Å²) in [4.78, 5) is 14.8. The zero-order chi connectivity index (χ0) is 17.8. The minimum Gasteiger partial charge on any atom is -0.493 e. The predicted octanol–water partition coefficient (Wildman–Crippen LogP) is 1.94. The van der Waals surface area contributed by atoms with E-state index in [9.17, 15) is 4.79 Å². The SMILES string of the molecule is COc1ccc(C(=O)N2CCC(C3OCCO3)CC2)c(OC)c1OC. The topological polar surface area (TPSA) is 66.5 Å². The summed E-state index contributed by atoms with van der Waals surface area (Å²) in [5.41, 5.74) is 0.479. The first kappa shape index (κ1) is 17.8. The molecular weight excluding hydrogens is 326 g/mol. The van der Waals surface area contributed by atoms with Crippen molar-refractivity contribution >= 4 is 5.91 Å². The van der Waals surface area contributed by atoms with Crippen LogP contribution in [-0.2, 0) is 9.47 Å². The van der Waals surface area contributed by atoms with Crippen molar-refractivity contribution in [2.75, 3.05) is 47.6 Å². The molecule has 1 aromatic carbocycles. The molecule has 0 N–H and O–H groups in total. The van der Waals surface area contributed by atoms with Gasteiger partial charge in [-0.3, -0.25) is 4.79 Å². The Morgan fingerprint density at radius 2 is 1.64 bits per heavy atom. The molecule has 0 aromatic heterocycles. The highest BCUT2D eigenvalue weighted by Gasteiger charge is 2.33. The number of carbonyl (C=O) groups is 1. The molecule has 0 aliphatic carbocycles. The molecule has 0 bridgehead atoms. The number of hydrogen-bond acceptors (Lipinski definition) is 6. The van der Waals surface area contributed by atoms with Crippen molar-refractivity contribution in [1.29, 1.82) is 0 Å². The number of ether oxygens (including phenoxy) is 5. The van der Waals surface area contributed by atoms with Crippen LogP contribution in [0.25, 0.3) is 0 Å². The molecule has 2 fully saturated rings. The minimum atomic E-state index is -0.118. The average molecular weight is 351 g/mol. The van der Waals surface area contributed by atoms with Crippen LogP contribution in [0.3, 0.4) is 0 Å². The third-order valence-corrected chi connectivity index (χ3v) is 4.79. The Bertz CT molecular complexity index is 606. The van der Waals surface area contributed by atoms with Gasteiger partial charge in [0.2, 0.25) is 5.75 Å². The van der Waals surface area contributed by atoms with Gasteiger partial charge in [-0.15, -0.1) is 0 Å². The Balaban J connectivity index is 1.73. The van der Waals surface area contributed by atoms with Crippen molar-refractivity contribution < 1.29 is 28.5 Å². The van der Waals surface area contributed by atoms with Gasteiger partial charge in [0.05, 0.1) is 40.1 Å². The first-order chi connectivity index (χ1) is 12.2. The number of benzene rings is 1. The highest BCUT2D eigenvalue weighted by Crippen LogP contribution is 2.40. The zero-order valence-corrected chi connectivity index (χ0v) is 14.9. The summed E-state index contributed by atoms with van der Waals surface area (Å²) in [6.07, 6.45) is 1.62. The summed E-state index contributed by atoms with van der Waals surface area (Å²) >= 11 is 0. The summed E-state index contributed by atoms with van der Waals surface area (Å²) < 4.78 is 27.2. The lowest BCUT2D eigenvalue weighted by atomic mass is 9.95. The minimum absolute atomic E-state index is 0.0653. The molecule has 2 saturated heterocycles. The standard InChI is InChI=1S/C18H25NO6/c1-21-14-5-4-13(15(22-2)16(14)23-3)17(20)19-8-6-12(7-9-19)18-24-10-11-25-18/h4-5,12,18H,6-11H2,1-3H3. The van der Waals surface area contributed by atoms with E-state index >= 15 is 0 Å². The number of carbonyl (C=O) groups excluding carboxylic acids is 1. The van der Waals surface area contributed by atoms with Gasteiger partial charge < -0.3 is 28.6 Å². The molecule has 0 saturated carbocycles. The van der Waals surface area contributed by atoms with Crippen LogP contribution in [0.2, 0.25) is 0 Å². The molecule has 0 radical (unpaired) electrons. The molecule has 25 heavy (non-hydrogen) atoms. The number of piperidine rings is 1. The van der Waals surface area contributed by atoms with E-state index in [1.54, 1.807) is 19.2 Å². The molecule has 1 amide bonds. The molecule has 7 nitrogen and oxygen atoms in total. The van der Waals surface area contributed by atoms with Crippen molar-refractivity contribution in [2.45, 2.75) is 19.1 Å². The number of hydrogen-bond donors (Lipinski definition) is 0. The Labute approximate surface area is 147 Å². The number of nitrogens with zero attached hydrogens (tertiary/aromatic N) is 1. The van der Waals surface area contributed by atoms with Crippen LogP contribution in [-0.4, -0.2) is 64.7 Å². The first-order valence-electron chi connectivity index (χ1n) is 8.51. The number of likely N-dealkylation sites (tertiary alicyclic amines) is 1. The highest BCUT2D eigenvalue weighted by molar-refractivity contribution is 5.98. The summed E-state index contributed by atoms with van der Waals surface area (Å²) in [7, 11) is 4.60. The van der Waals surface area contributed by atoms with E-state index in [1.165, 1.54) is 14.2 Å². The largest absolute Gasteiger partial charge is 0.493 e. The van der Waals surface area contributed by atoms with E-state index in [-0.39, 0.29) is 12.2 Å². The third-order valence-electron chi connectivity index (χ3n) is 4.79. The van der Waals surface area contributed by atoms with Gasteiger partial charge in [-0.05, 0) is 25.0 Å². The van der Waals surface area contributed by atoms with E-state index < -0.39 is 0 Å². The van der Waals surface area contributed by atoms with Crippen LogP contribution >= 0.6 is 0 Å². The maximum Gasteiger partial charge on any atom is 0.257 e. The second-order valence-electron chi connectivity index (χ2n) is 6.12. The summed E-state index contributed by atoms with van der Waals surface area (Å²) in [5, 5.41) is 0. The van der Waals surface area contributed by atoms with E-state index in [0.29, 0.717) is 55.0 Å². The number of amides is 1. The summed E-state index contributed by atoms with van der Waals surface area (Å²) in [6, 6.07) is 3.44. The van der Waals surface area contributed by atoms with Crippen LogP contribution in [0.1, 0.15) is 23.2 Å². The fraction of sp³-hybridized carbons (Fsp3) is 0.611. The van der Waals surface area contributed by atoms with Gasteiger partial charge in [0.1, 0.15) is 0 Å². The second kappa shape index (κ2) is 7.93. The van der Waals surface area contributed by atoms with Gasteiger partial charge in [-0.1, -0.05) is 0 Å². The fourth-order valence-electron chi connectivity index (χ4n) is 3.46. The van der Waals surface area contributed by atoms with Crippen LogP contribution in [0.15, 0.2) is 12.1 Å². The molecule has 7 heteroatoms. The van der Waals surface area contributed by atoms with Crippen molar-refractivity contribution in [3.05, 3.63) is 17.7 Å². The molecule has 3 rings (SSSR count). The van der Waals surface area contributed by atoms with E-state index in [1.807, 2.05) is 4.90 Å². The van der Waals surface area contributed by atoms with Gasteiger partial charge >= 0.3 is 0 Å². The smallest absolute Gasteiger partial charge is 0.257 e. The van der Waals surface area contributed by atoms with Crippen molar-refractivity contribution in [2.24, 2.45) is 5.92 Å². The maximum atomic E-state index is 13.0. The Morgan fingerprint density at radius 3 is 2.20 bits per heavy atom. The van der Waals surface area contributed by atoms with Gasteiger partial charge in [0.25, 0.3) is 5.91 Å². The zero-order valence-electron chi connectivity index (χ0n) is 14.9. The van der Waals surface area contributed by atoms with Gasteiger partial charge in [-0.2, -0.15) is 0 Å². The molecule has 2 heterocycles. The van der Waals surface area contributed by atoms with Crippen molar-refractivity contribution in [1.82, 2.24) is 4.90 Å². The first-order valence-corrected chi connectivity index (χ1v) is 8.51. The van der Waals surface area contributed by atoms with Gasteiger partial charge in [0.15, 0.2) is 17.8 Å². The lowest BCUT2D eigenvalue weighted by molar-refractivity contribution is -0.0956. The third kappa shape index (κ3) is 3.52. The molecule has 2 aliphatic heterocycles. The van der Waals surface area contributed by atoms with Crippen LogP contribution in [0.4, 0.5) is 0 Å². The second-order valence-corrected chi connectivity index (χ2v) is 6.12. The molecular formula is C18H25NO6. The number of rotatable bonds is 5. The van der Waals surface area contributed by atoms with E-state index in [4.69, 9.17) is 23.7 Å².